The van der Waals surface area contributed by atoms with E-state index in [1.165, 1.54) is 0 Å². The van der Waals surface area contributed by atoms with Gasteiger partial charge in [-0.3, -0.25) is 4.68 Å². The molecule has 108 valence electrons. The SMILES string of the molecule is CCn1ncnc1CC1(O)CC(C)(C)CC(C)(C)C1. The normalized spacial score (nSPS) is 24.3. The van der Waals surface area contributed by atoms with E-state index in [0.717, 1.165) is 31.6 Å². The average Bonchev–Trinajstić information content (AvgIpc) is 2.57. The fourth-order valence-corrected chi connectivity index (χ4v) is 4.37. The number of hydrogen-bond donors (Lipinski definition) is 1. The lowest BCUT2D eigenvalue weighted by atomic mass is 9.59. The molecular formula is C15H27N3O. The van der Waals surface area contributed by atoms with E-state index in [4.69, 9.17) is 0 Å². The monoisotopic (exact) mass is 265 g/mol. The molecule has 1 aliphatic rings. The summed E-state index contributed by atoms with van der Waals surface area (Å²) in [6, 6.07) is 0. The van der Waals surface area contributed by atoms with E-state index in [0.29, 0.717) is 6.42 Å². The fourth-order valence-electron chi connectivity index (χ4n) is 4.37. The van der Waals surface area contributed by atoms with Crippen LogP contribution in [0.4, 0.5) is 0 Å². The highest BCUT2D eigenvalue weighted by Crippen LogP contribution is 2.50. The standard InChI is InChI=1S/C15H27N3O/c1-6-18-12(16-11-17-18)7-15(19)9-13(2,3)8-14(4,5)10-15/h11,19H,6-10H2,1-5H3. The van der Waals surface area contributed by atoms with Crippen molar-refractivity contribution in [3.63, 3.8) is 0 Å². The molecular weight excluding hydrogens is 238 g/mol. The van der Waals surface area contributed by atoms with Crippen LogP contribution >= 0.6 is 0 Å². The molecule has 1 saturated carbocycles. The van der Waals surface area contributed by atoms with Crippen LogP contribution in [0.5, 0.6) is 0 Å². The summed E-state index contributed by atoms with van der Waals surface area (Å²) < 4.78 is 1.88. The first-order valence-corrected chi connectivity index (χ1v) is 7.24. The van der Waals surface area contributed by atoms with Gasteiger partial charge in [0.05, 0.1) is 5.60 Å². The summed E-state index contributed by atoms with van der Waals surface area (Å²) in [6.45, 7) is 11.9. The predicted octanol–water partition coefficient (Wildman–Crippen LogP) is 2.81. The van der Waals surface area contributed by atoms with Crippen molar-refractivity contribution >= 4 is 0 Å². The molecule has 1 N–H and O–H groups in total. The van der Waals surface area contributed by atoms with Gasteiger partial charge in [-0.15, -0.1) is 0 Å². The smallest absolute Gasteiger partial charge is 0.138 e. The Morgan fingerprint density at radius 3 is 2.26 bits per heavy atom. The van der Waals surface area contributed by atoms with Crippen molar-refractivity contribution in [3.05, 3.63) is 12.2 Å². The summed E-state index contributed by atoms with van der Waals surface area (Å²) in [5.74, 6) is 0.901. The van der Waals surface area contributed by atoms with Crippen LogP contribution in [0.1, 0.15) is 59.7 Å². The number of rotatable bonds is 3. The molecule has 4 nitrogen and oxygen atoms in total. The highest BCUT2D eigenvalue weighted by Gasteiger charge is 2.46. The third kappa shape index (κ3) is 3.35. The molecule has 0 atom stereocenters. The van der Waals surface area contributed by atoms with E-state index in [-0.39, 0.29) is 10.8 Å². The Morgan fingerprint density at radius 2 is 1.74 bits per heavy atom. The van der Waals surface area contributed by atoms with E-state index in [2.05, 4.69) is 44.7 Å². The van der Waals surface area contributed by atoms with Gasteiger partial charge in [-0.05, 0) is 37.0 Å². The molecule has 0 amide bonds. The van der Waals surface area contributed by atoms with E-state index in [9.17, 15) is 5.11 Å². The van der Waals surface area contributed by atoms with Crippen molar-refractivity contribution in [3.8, 4) is 0 Å². The topological polar surface area (TPSA) is 50.9 Å². The molecule has 0 radical (unpaired) electrons. The van der Waals surface area contributed by atoms with Crippen molar-refractivity contribution in [1.82, 2.24) is 14.8 Å². The second kappa shape index (κ2) is 4.58. The zero-order valence-corrected chi connectivity index (χ0v) is 12.9. The highest BCUT2D eigenvalue weighted by atomic mass is 16.3. The van der Waals surface area contributed by atoms with Gasteiger partial charge in [0.1, 0.15) is 12.2 Å². The first kappa shape index (κ1) is 14.5. The predicted molar refractivity (Wildman–Crippen MR) is 75.8 cm³/mol. The van der Waals surface area contributed by atoms with Crippen LogP contribution in [0.3, 0.4) is 0 Å². The third-order valence-electron chi connectivity index (χ3n) is 4.05. The maximum absolute atomic E-state index is 11.1. The van der Waals surface area contributed by atoms with Gasteiger partial charge in [0.15, 0.2) is 0 Å². The molecule has 0 saturated heterocycles. The molecule has 1 aliphatic carbocycles. The van der Waals surface area contributed by atoms with Gasteiger partial charge in [0.25, 0.3) is 0 Å². The van der Waals surface area contributed by atoms with Crippen LogP contribution in [-0.4, -0.2) is 25.5 Å². The summed E-state index contributed by atoms with van der Waals surface area (Å²) in [6.07, 6.45) is 5.01. The summed E-state index contributed by atoms with van der Waals surface area (Å²) in [5, 5.41) is 15.3. The molecule has 1 fully saturated rings. The van der Waals surface area contributed by atoms with Crippen LogP contribution < -0.4 is 0 Å². The quantitative estimate of drug-likeness (QED) is 0.914. The van der Waals surface area contributed by atoms with Crippen molar-refractivity contribution in [2.24, 2.45) is 10.8 Å². The number of hydrogen-bond acceptors (Lipinski definition) is 3. The minimum atomic E-state index is -0.662. The van der Waals surface area contributed by atoms with Crippen molar-refractivity contribution in [1.29, 1.82) is 0 Å². The lowest BCUT2D eigenvalue weighted by molar-refractivity contribution is -0.0865. The number of aliphatic hydroxyl groups is 1. The van der Waals surface area contributed by atoms with Gasteiger partial charge in [-0.1, -0.05) is 27.7 Å². The minimum absolute atomic E-state index is 0.174. The number of aromatic nitrogens is 3. The molecule has 0 aromatic carbocycles. The molecule has 1 aromatic heterocycles. The maximum Gasteiger partial charge on any atom is 0.138 e. The second-order valence-corrected chi connectivity index (χ2v) is 7.75. The molecule has 19 heavy (non-hydrogen) atoms. The van der Waals surface area contributed by atoms with Crippen molar-refractivity contribution < 1.29 is 5.11 Å². The molecule has 4 heteroatoms. The first-order chi connectivity index (χ1) is 8.65. The van der Waals surface area contributed by atoms with Crippen LogP contribution in [0, 0.1) is 10.8 Å². The third-order valence-corrected chi connectivity index (χ3v) is 4.05. The van der Waals surface area contributed by atoms with E-state index in [1.54, 1.807) is 6.33 Å². The number of aryl methyl sites for hydroxylation is 1. The van der Waals surface area contributed by atoms with E-state index < -0.39 is 5.60 Å². The summed E-state index contributed by atoms with van der Waals surface area (Å²) in [7, 11) is 0. The lowest BCUT2D eigenvalue weighted by Gasteiger charge is -2.49. The van der Waals surface area contributed by atoms with Crippen LogP contribution in [0.25, 0.3) is 0 Å². The van der Waals surface area contributed by atoms with E-state index >= 15 is 0 Å². The highest BCUT2D eigenvalue weighted by molar-refractivity contribution is 5.03. The molecule has 0 unspecified atom stereocenters. The summed E-state index contributed by atoms with van der Waals surface area (Å²) in [5.41, 5.74) is -0.313. The Hall–Kier alpha value is -0.900. The van der Waals surface area contributed by atoms with Gasteiger partial charge in [0.2, 0.25) is 0 Å². The van der Waals surface area contributed by atoms with Crippen molar-refractivity contribution in [2.45, 2.75) is 72.4 Å². The second-order valence-electron chi connectivity index (χ2n) is 7.75. The van der Waals surface area contributed by atoms with Crippen LogP contribution in [-0.2, 0) is 13.0 Å². The Kier molecular flexibility index (Phi) is 3.50. The first-order valence-electron chi connectivity index (χ1n) is 7.24. The van der Waals surface area contributed by atoms with Gasteiger partial charge in [-0.25, -0.2) is 4.98 Å². The fraction of sp³-hybridized carbons (Fsp3) is 0.867. The van der Waals surface area contributed by atoms with Gasteiger partial charge < -0.3 is 5.11 Å². The van der Waals surface area contributed by atoms with Crippen LogP contribution in [0.15, 0.2) is 6.33 Å². The molecule has 0 spiro atoms. The Balaban J connectivity index is 2.22. The number of nitrogens with zero attached hydrogens (tertiary/aromatic N) is 3. The lowest BCUT2D eigenvalue weighted by Crippen LogP contribution is -2.47. The Labute approximate surface area is 116 Å². The molecule has 2 rings (SSSR count). The molecule has 1 aromatic rings. The summed E-state index contributed by atoms with van der Waals surface area (Å²) in [4.78, 5) is 4.31. The molecule has 1 heterocycles. The maximum atomic E-state index is 11.1. The van der Waals surface area contributed by atoms with Gasteiger partial charge >= 0.3 is 0 Å². The van der Waals surface area contributed by atoms with Gasteiger partial charge in [-0.2, -0.15) is 5.10 Å². The Bertz CT molecular complexity index is 432. The largest absolute Gasteiger partial charge is 0.389 e. The van der Waals surface area contributed by atoms with Crippen molar-refractivity contribution in [2.75, 3.05) is 0 Å². The molecule has 0 aliphatic heterocycles. The zero-order valence-electron chi connectivity index (χ0n) is 12.9. The Morgan fingerprint density at radius 1 is 1.16 bits per heavy atom. The van der Waals surface area contributed by atoms with Gasteiger partial charge in [0, 0.05) is 13.0 Å². The average molecular weight is 265 g/mol. The zero-order chi connectivity index (χ0) is 14.3. The molecule has 0 bridgehead atoms. The summed E-state index contributed by atoms with van der Waals surface area (Å²) >= 11 is 0. The minimum Gasteiger partial charge on any atom is -0.389 e. The van der Waals surface area contributed by atoms with Crippen LogP contribution in [0.2, 0.25) is 0 Å². The van der Waals surface area contributed by atoms with E-state index in [1.807, 2.05) is 4.68 Å².